The Labute approximate surface area is 573 Å². The second-order valence-corrected chi connectivity index (χ2v) is 25.0. The average Bonchev–Trinajstić information content (AvgIpc) is 3.79. The molecule has 0 radical (unpaired) electrons. The van der Waals surface area contributed by atoms with Gasteiger partial charge in [-0.3, -0.25) is 4.79 Å². The molecule has 0 aromatic rings. The number of ether oxygens (including phenoxy) is 11. The summed E-state index contributed by atoms with van der Waals surface area (Å²) in [5, 5.41) is 81.6. The van der Waals surface area contributed by atoms with E-state index >= 15 is 0 Å². The van der Waals surface area contributed by atoms with Crippen LogP contribution in [0.4, 0.5) is 4.79 Å². The smallest absolute Gasteiger partial charge is 0.407 e. The second-order valence-electron chi connectivity index (χ2n) is 25.0. The molecule has 0 heterocycles. The lowest BCUT2D eigenvalue weighted by Gasteiger charge is -2.26. The van der Waals surface area contributed by atoms with Gasteiger partial charge in [0.2, 0.25) is 5.91 Å². The first-order valence-electron chi connectivity index (χ1n) is 37.1. The number of hydrogen-bond acceptors (Lipinski definition) is 21. The molecule has 0 aliphatic rings. The van der Waals surface area contributed by atoms with E-state index in [4.69, 9.17) is 52.1 Å². The van der Waals surface area contributed by atoms with E-state index in [-0.39, 0.29) is 91.1 Å². The number of aliphatic hydroxyl groups excluding tert-OH is 8. The lowest BCUT2D eigenvalue weighted by atomic mass is 10.1. The molecule has 0 aliphatic heterocycles. The van der Waals surface area contributed by atoms with Crippen molar-refractivity contribution in [2.24, 2.45) is 0 Å². The summed E-state index contributed by atoms with van der Waals surface area (Å²) in [5.74, 6) is -0.284. The fraction of sp³-hybridized carbons (Fsp3) is 0.917. The van der Waals surface area contributed by atoms with Crippen molar-refractivity contribution in [2.75, 3.05) is 152 Å². The molecule has 0 rings (SSSR count). The van der Waals surface area contributed by atoms with Gasteiger partial charge < -0.3 is 104 Å². The first-order valence-corrected chi connectivity index (χ1v) is 37.1. The maximum atomic E-state index is 13.3. The van der Waals surface area contributed by atoms with Gasteiger partial charge in [-0.15, -0.1) is 0 Å². The molecule has 0 bridgehead atoms. The maximum Gasteiger partial charge on any atom is 0.407 e. The third-order valence-electron chi connectivity index (χ3n) is 15.5. The van der Waals surface area contributed by atoms with Gasteiger partial charge in [0.1, 0.15) is 49.3 Å². The molecular weight excluding hydrogens is 1230 g/mol. The molecule has 0 spiro atoms. The van der Waals surface area contributed by atoms with Crippen LogP contribution in [0.2, 0.25) is 0 Å². The summed E-state index contributed by atoms with van der Waals surface area (Å²) in [7, 11) is 0. The summed E-state index contributed by atoms with van der Waals surface area (Å²) in [6.45, 7) is 4.95. The molecule has 0 aliphatic carbocycles. The number of allylic oxidation sites excluding steroid dienone is 4. The van der Waals surface area contributed by atoms with Crippen LogP contribution in [0.5, 0.6) is 0 Å². The minimum Gasteiger partial charge on any atom is -0.447 e. The van der Waals surface area contributed by atoms with Gasteiger partial charge in [-0.2, -0.15) is 0 Å². The summed E-state index contributed by atoms with van der Waals surface area (Å²) in [4.78, 5) is 26.0. The molecule has 0 aromatic heterocycles. The van der Waals surface area contributed by atoms with Gasteiger partial charge in [-0.1, -0.05) is 160 Å². The van der Waals surface area contributed by atoms with Gasteiger partial charge in [-0.05, 0) is 83.5 Å². The van der Waals surface area contributed by atoms with Crippen molar-refractivity contribution in [1.82, 2.24) is 10.6 Å². The second kappa shape index (κ2) is 74.2. The van der Waals surface area contributed by atoms with Crippen molar-refractivity contribution in [3.05, 3.63) is 24.3 Å². The molecule has 2 amide bonds. The lowest BCUT2D eigenvalue weighted by molar-refractivity contribution is -0.127. The fourth-order valence-electron chi connectivity index (χ4n) is 9.76. The molecule has 5 atom stereocenters. The first-order chi connectivity index (χ1) is 46.5. The van der Waals surface area contributed by atoms with Crippen LogP contribution in [-0.4, -0.2) is 254 Å². The normalized spacial score (nSPS) is 14.5. The molecule has 0 saturated carbocycles. The van der Waals surface area contributed by atoms with Crippen LogP contribution in [0.1, 0.15) is 226 Å². The molecule has 0 saturated heterocycles. The monoisotopic (exact) mass is 1370 g/mol. The average molecular weight is 1370 g/mol. The summed E-state index contributed by atoms with van der Waals surface area (Å²) in [6.07, 6.45) is 40.4. The minimum absolute atomic E-state index is 0.0892. The van der Waals surface area contributed by atoms with Crippen LogP contribution in [0.15, 0.2) is 24.3 Å². The highest BCUT2D eigenvalue weighted by molar-refractivity contribution is 5.76. The predicted molar refractivity (Wildman–Crippen MR) is 371 cm³/mol. The van der Waals surface area contributed by atoms with E-state index in [0.29, 0.717) is 78.5 Å². The number of rotatable bonds is 77. The molecule has 23 nitrogen and oxygen atoms in total. The van der Waals surface area contributed by atoms with Crippen LogP contribution in [0.25, 0.3) is 0 Å². The number of carbonyl (C=O) groups is 2. The Bertz CT molecular complexity index is 1570. The molecule has 0 fully saturated rings. The van der Waals surface area contributed by atoms with Gasteiger partial charge in [0, 0.05) is 39.4 Å². The van der Waals surface area contributed by atoms with Gasteiger partial charge in [0.05, 0.1) is 118 Å². The van der Waals surface area contributed by atoms with Gasteiger partial charge >= 0.3 is 6.09 Å². The number of nitrogens with one attached hydrogen (secondary N) is 2. The van der Waals surface area contributed by atoms with E-state index < -0.39 is 75.2 Å². The van der Waals surface area contributed by atoms with Crippen LogP contribution >= 0.6 is 0 Å². The van der Waals surface area contributed by atoms with Crippen molar-refractivity contribution < 1.29 is 103 Å². The summed E-state index contributed by atoms with van der Waals surface area (Å²) >= 11 is 0. The van der Waals surface area contributed by atoms with Crippen molar-refractivity contribution >= 4 is 12.0 Å². The molecule has 10 N–H and O–H groups in total. The van der Waals surface area contributed by atoms with Crippen LogP contribution < -0.4 is 10.6 Å². The summed E-state index contributed by atoms with van der Waals surface area (Å²) in [5.41, 5.74) is 0. The number of alkyl carbamates (subject to hydrolysis) is 1. The highest BCUT2D eigenvalue weighted by atomic mass is 16.6. The van der Waals surface area contributed by atoms with E-state index in [1.807, 2.05) is 0 Å². The number of carbonyl (C=O) groups excluding carboxylic acids is 2. The third kappa shape index (κ3) is 68.4. The van der Waals surface area contributed by atoms with Crippen molar-refractivity contribution in [3.63, 3.8) is 0 Å². The summed E-state index contributed by atoms with van der Waals surface area (Å²) in [6, 6.07) is -0.746. The molecule has 5 unspecified atom stereocenters. The lowest BCUT2D eigenvalue weighted by Crippen LogP contribution is -2.45. The Hall–Kier alpha value is -2.50. The van der Waals surface area contributed by atoms with E-state index in [9.17, 15) is 50.4 Å². The van der Waals surface area contributed by atoms with E-state index in [0.717, 1.165) is 25.7 Å². The van der Waals surface area contributed by atoms with E-state index in [1.165, 1.54) is 154 Å². The predicted octanol–water partition coefficient (Wildman–Crippen LogP) is 8.91. The summed E-state index contributed by atoms with van der Waals surface area (Å²) < 4.78 is 63.5. The van der Waals surface area contributed by atoms with Gasteiger partial charge in [-0.25, -0.2) is 4.79 Å². The largest absolute Gasteiger partial charge is 0.447 e. The van der Waals surface area contributed by atoms with Gasteiger partial charge in [0.15, 0.2) is 0 Å². The number of hydrogen-bond donors (Lipinski definition) is 10. The van der Waals surface area contributed by atoms with Crippen LogP contribution in [0.3, 0.4) is 0 Å². The number of amides is 2. The quantitative estimate of drug-likeness (QED) is 0.0201. The van der Waals surface area contributed by atoms with Crippen molar-refractivity contribution in [1.29, 1.82) is 0 Å². The van der Waals surface area contributed by atoms with Crippen molar-refractivity contribution in [3.8, 4) is 0 Å². The molecule has 564 valence electrons. The highest BCUT2D eigenvalue weighted by Gasteiger charge is 2.22. The van der Waals surface area contributed by atoms with E-state index in [2.05, 4.69) is 48.8 Å². The Balaban J connectivity index is 4.86. The zero-order valence-electron chi connectivity index (χ0n) is 59.4. The Kier molecular flexibility index (Phi) is 72.2. The number of unbranched alkanes of at least 4 members (excludes halogenated alkanes) is 26. The molecule has 23 heteroatoms. The standard InChI is InChI=1S/C72H140N2O21/c1-3-5-7-9-11-13-15-17-19-21-23-25-27-29-31-35-42-87-57-70(92-44-37-32-30-28-26-24-22-20-18-16-14-12-10-8-6-4-2)62-95-72(84)73-40-38-43-86-46-45-85-41-36-33-34-39-71(83)74-63(51-93-68(58-88-53-64(79)47-75)59-89-54-65(80)48-76)52-94-69(60-90-55-66(81)49-77)61-91-56-67(82)50-78/h17-20,63-70,75-82H,3-16,21-62H2,1-2H3,(H,73,84)(H,74,83)/b19-17-,20-18-. The van der Waals surface area contributed by atoms with Crippen molar-refractivity contribution in [2.45, 2.75) is 275 Å². The zero-order valence-corrected chi connectivity index (χ0v) is 59.4. The van der Waals surface area contributed by atoms with Crippen LogP contribution in [-0.2, 0) is 56.9 Å². The highest BCUT2D eigenvalue weighted by Crippen LogP contribution is 2.14. The molecule has 95 heavy (non-hydrogen) atoms. The maximum absolute atomic E-state index is 13.3. The van der Waals surface area contributed by atoms with Gasteiger partial charge in [0.25, 0.3) is 0 Å². The number of aliphatic hydroxyl groups is 8. The molecule has 0 aromatic carbocycles. The Morgan fingerprint density at radius 2 is 0.674 bits per heavy atom. The minimum atomic E-state index is -1.13. The third-order valence-corrected chi connectivity index (χ3v) is 15.5. The first kappa shape index (κ1) is 92.5. The Morgan fingerprint density at radius 3 is 1.08 bits per heavy atom. The Morgan fingerprint density at radius 1 is 0.337 bits per heavy atom. The van der Waals surface area contributed by atoms with Crippen LogP contribution in [0, 0.1) is 0 Å². The fourth-order valence-corrected chi connectivity index (χ4v) is 9.76. The van der Waals surface area contributed by atoms with E-state index in [1.54, 1.807) is 0 Å². The zero-order chi connectivity index (χ0) is 69.4. The SMILES string of the molecule is CCCCCCCC/C=C\CCCCCCCCOCC(COC(=O)NCCCOCCOCCCCCC(=O)NC(COC(COCC(O)CO)COCC(O)CO)COC(COCC(O)CO)COCC(O)CO)OCCCCCCCC/C=C\CCCCCCCC. The topological polar surface area (TPSA) is 322 Å². The molecular formula is C72H140N2O21.